The number of fused-ring (bicyclic) bond motifs is 3. The number of carbonyl (C=O) groups excluding carboxylic acids is 5. The fourth-order valence-electron chi connectivity index (χ4n) is 7.02. The van der Waals surface area contributed by atoms with Crippen LogP contribution in [0.15, 0.2) is 30.3 Å². The average Bonchev–Trinajstić information content (AvgIpc) is 2.91. The molecule has 2 unspecified atom stereocenters. The molecule has 0 bridgehead atoms. The van der Waals surface area contributed by atoms with E-state index in [2.05, 4.69) is 5.32 Å². The van der Waals surface area contributed by atoms with Gasteiger partial charge in [-0.3, -0.25) is 28.9 Å². The summed E-state index contributed by atoms with van der Waals surface area (Å²) in [7, 11) is 8.03. The van der Waals surface area contributed by atoms with Crippen molar-refractivity contribution in [2.24, 2.45) is 23.7 Å². The fourth-order valence-corrected chi connectivity index (χ4v) is 7.15. The monoisotopic (exact) mass is 581 g/mol. The van der Waals surface area contributed by atoms with E-state index in [1.54, 1.807) is 58.5 Å². The number of aliphatic hydroxyl groups is 1. The number of nitrogens with zero attached hydrogens (tertiary/aromatic N) is 2. The second-order valence-corrected chi connectivity index (χ2v) is 12.0. The van der Waals surface area contributed by atoms with E-state index < -0.39 is 64.4 Å². The summed E-state index contributed by atoms with van der Waals surface area (Å²) >= 11 is 6.05. The van der Waals surface area contributed by atoms with Gasteiger partial charge in [-0.05, 0) is 62.2 Å². The van der Waals surface area contributed by atoms with Crippen LogP contribution in [0.4, 0.5) is 5.69 Å². The molecule has 3 aliphatic rings. The summed E-state index contributed by atoms with van der Waals surface area (Å²) < 4.78 is 0. The highest BCUT2D eigenvalue weighted by Gasteiger charge is 2.69. The molecular formula is C30H32ClN3O7. The second-order valence-electron chi connectivity index (χ2n) is 11.5. The van der Waals surface area contributed by atoms with E-state index in [0.717, 1.165) is 0 Å². The summed E-state index contributed by atoms with van der Waals surface area (Å²) in [5.41, 5.74) is -0.575. The molecule has 2 aromatic carbocycles. The smallest absolute Gasteiger partial charge is 0.238 e. The van der Waals surface area contributed by atoms with Crippen LogP contribution in [0.25, 0.3) is 11.1 Å². The standard InChI is InChI=1S/C30H32ClN3O7/c1-32-29(40)22-26(37)23(34(4)5)18-11-14-10-17-19(33(2)3)12-16(13-6-8-15(31)9-7-13)24(35)21(17)25(36)20(14)27(38)30(18,41)28(22)39/h6-9,12,14,18,20,22-23,35,41H,10-11H2,1-5H3,(H,32,40)/t14-,18-,20?,22?,23-,30-/m0/s1. The Labute approximate surface area is 242 Å². The lowest BCUT2D eigenvalue weighted by Gasteiger charge is -2.52. The molecule has 3 N–H and O–H groups in total. The number of halogens is 1. The van der Waals surface area contributed by atoms with Crippen LogP contribution in [0.2, 0.25) is 5.02 Å². The van der Waals surface area contributed by atoms with Crippen molar-refractivity contribution in [3.05, 3.63) is 46.5 Å². The van der Waals surface area contributed by atoms with Crippen molar-refractivity contribution in [3.8, 4) is 16.9 Å². The summed E-state index contributed by atoms with van der Waals surface area (Å²) in [6, 6.07) is 7.39. The molecule has 0 spiro atoms. The van der Waals surface area contributed by atoms with Crippen LogP contribution in [-0.2, 0) is 25.6 Å². The number of benzene rings is 2. The van der Waals surface area contributed by atoms with Crippen LogP contribution in [0, 0.1) is 23.7 Å². The predicted octanol–water partition coefficient (Wildman–Crippen LogP) is 1.51. The van der Waals surface area contributed by atoms with E-state index in [4.69, 9.17) is 11.6 Å². The Morgan fingerprint density at radius 1 is 1.05 bits per heavy atom. The molecule has 6 atom stereocenters. The molecule has 3 aliphatic carbocycles. The molecule has 0 aromatic heterocycles. The molecule has 0 radical (unpaired) electrons. The van der Waals surface area contributed by atoms with Crippen LogP contribution >= 0.6 is 11.6 Å². The third-order valence-electron chi connectivity index (χ3n) is 8.90. The first kappa shape index (κ1) is 28.9. The van der Waals surface area contributed by atoms with Gasteiger partial charge >= 0.3 is 0 Å². The fraction of sp³-hybridized carbons (Fsp3) is 0.433. The number of hydrogen-bond donors (Lipinski definition) is 3. The predicted molar refractivity (Wildman–Crippen MR) is 151 cm³/mol. The largest absolute Gasteiger partial charge is 0.507 e. The van der Waals surface area contributed by atoms with Crippen LogP contribution in [0.5, 0.6) is 5.75 Å². The van der Waals surface area contributed by atoms with Gasteiger partial charge in [0.2, 0.25) is 5.91 Å². The highest BCUT2D eigenvalue weighted by Crippen LogP contribution is 2.53. The molecule has 2 fully saturated rings. The van der Waals surface area contributed by atoms with Crippen LogP contribution in [0.1, 0.15) is 22.3 Å². The van der Waals surface area contributed by atoms with Crippen LogP contribution in [-0.4, -0.2) is 91.0 Å². The maximum Gasteiger partial charge on any atom is 0.238 e. The van der Waals surface area contributed by atoms with Crippen molar-refractivity contribution in [2.45, 2.75) is 24.5 Å². The minimum Gasteiger partial charge on any atom is -0.507 e. The van der Waals surface area contributed by atoms with E-state index in [-0.39, 0.29) is 24.2 Å². The third kappa shape index (κ3) is 4.11. The van der Waals surface area contributed by atoms with Gasteiger partial charge in [0.1, 0.15) is 5.75 Å². The number of likely N-dealkylation sites (N-methyl/N-ethyl adjacent to an activating group) is 1. The van der Waals surface area contributed by atoms with E-state index in [1.807, 2.05) is 4.90 Å². The number of rotatable bonds is 4. The van der Waals surface area contributed by atoms with Gasteiger partial charge in [-0.2, -0.15) is 0 Å². The molecule has 216 valence electrons. The topological polar surface area (TPSA) is 144 Å². The normalized spacial score (nSPS) is 29.1. The lowest BCUT2D eigenvalue weighted by molar-refractivity contribution is -0.181. The molecule has 2 aromatic rings. The minimum atomic E-state index is -2.72. The molecule has 2 saturated carbocycles. The molecule has 41 heavy (non-hydrogen) atoms. The highest BCUT2D eigenvalue weighted by molar-refractivity contribution is 6.33. The van der Waals surface area contributed by atoms with E-state index >= 15 is 0 Å². The minimum absolute atomic E-state index is 0.0193. The summed E-state index contributed by atoms with van der Waals surface area (Å²) in [5.74, 6) is -9.96. The van der Waals surface area contributed by atoms with Crippen LogP contribution < -0.4 is 10.2 Å². The summed E-state index contributed by atoms with van der Waals surface area (Å²) in [5, 5.41) is 26.1. The van der Waals surface area contributed by atoms with E-state index in [0.29, 0.717) is 27.4 Å². The Kier molecular flexibility index (Phi) is 7.08. The van der Waals surface area contributed by atoms with Crippen molar-refractivity contribution in [3.63, 3.8) is 0 Å². The molecule has 11 heteroatoms. The third-order valence-corrected chi connectivity index (χ3v) is 9.15. The van der Waals surface area contributed by atoms with Crippen molar-refractivity contribution in [1.82, 2.24) is 10.2 Å². The number of phenols is 1. The van der Waals surface area contributed by atoms with Gasteiger partial charge in [-0.25, -0.2) is 0 Å². The van der Waals surface area contributed by atoms with Gasteiger partial charge < -0.3 is 20.4 Å². The molecule has 0 aliphatic heterocycles. The quantitative estimate of drug-likeness (QED) is 0.458. The maximum atomic E-state index is 14.2. The van der Waals surface area contributed by atoms with Gasteiger partial charge in [-0.15, -0.1) is 0 Å². The maximum absolute atomic E-state index is 14.2. The van der Waals surface area contributed by atoms with Gasteiger partial charge in [0, 0.05) is 43.3 Å². The number of amides is 1. The van der Waals surface area contributed by atoms with Crippen molar-refractivity contribution >= 4 is 46.3 Å². The number of carbonyl (C=O) groups is 5. The van der Waals surface area contributed by atoms with Gasteiger partial charge in [0.15, 0.2) is 34.7 Å². The molecule has 0 saturated heterocycles. The first-order valence-corrected chi connectivity index (χ1v) is 13.7. The number of nitrogens with one attached hydrogen (secondary N) is 1. The Hall–Kier alpha value is -3.60. The Bertz CT molecular complexity index is 1500. The average molecular weight is 582 g/mol. The lowest BCUT2D eigenvalue weighted by Crippen LogP contribution is -2.74. The number of aromatic hydroxyl groups is 1. The molecule has 0 heterocycles. The number of anilines is 1. The van der Waals surface area contributed by atoms with E-state index in [9.17, 15) is 34.2 Å². The zero-order chi connectivity index (χ0) is 30.1. The van der Waals surface area contributed by atoms with Crippen molar-refractivity contribution < 1.29 is 34.2 Å². The van der Waals surface area contributed by atoms with Crippen LogP contribution in [0.3, 0.4) is 0 Å². The summed E-state index contributed by atoms with van der Waals surface area (Å²) in [6.45, 7) is 0. The molecule has 10 nitrogen and oxygen atoms in total. The molecular weight excluding hydrogens is 550 g/mol. The van der Waals surface area contributed by atoms with Gasteiger partial charge in [0.05, 0.1) is 17.5 Å². The number of hydrogen-bond acceptors (Lipinski definition) is 9. The number of ketones is 4. The number of Topliss-reactive ketones (excluding diaryl/α,β-unsaturated/α-hetero) is 4. The first-order valence-electron chi connectivity index (χ1n) is 13.3. The SMILES string of the molecule is CNC(=O)C1C(=O)[C@@H](N(C)C)[C@@H]2C[C@@H]3Cc4c(N(C)C)cc(-c5ccc(Cl)cc5)c(O)c4C(=O)C3C(=O)[C@]2(O)C1=O. The highest BCUT2D eigenvalue weighted by atomic mass is 35.5. The Morgan fingerprint density at radius 3 is 2.24 bits per heavy atom. The Balaban J connectivity index is 1.68. The van der Waals surface area contributed by atoms with Crippen molar-refractivity contribution in [2.75, 3.05) is 40.1 Å². The molecule has 1 amide bonds. The first-order chi connectivity index (χ1) is 19.2. The summed E-state index contributed by atoms with van der Waals surface area (Å²) in [4.78, 5) is 71.3. The van der Waals surface area contributed by atoms with Gasteiger partial charge in [0.25, 0.3) is 0 Å². The Morgan fingerprint density at radius 2 is 1.68 bits per heavy atom. The molecule has 5 rings (SSSR count). The zero-order valence-corrected chi connectivity index (χ0v) is 24.2. The van der Waals surface area contributed by atoms with Crippen molar-refractivity contribution in [1.29, 1.82) is 0 Å². The van der Waals surface area contributed by atoms with Gasteiger partial charge in [-0.1, -0.05) is 23.7 Å². The summed E-state index contributed by atoms with van der Waals surface area (Å²) in [6.07, 6.45) is 0.221. The van der Waals surface area contributed by atoms with E-state index in [1.165, 1.54) is 11.9 Å². The zero-order valence-electron chi connectivity index (χ0n) is 23.4. The number of phenolic OH excluding ortho intramolecular Hbond substituents is 1. The lowest BCUT2D eigenvalue weighted by atomic mass is 9.52. The second kappa shape index (κ2) is 10.0.